The van der Waals surface area contributed by atoms with Crippen LogP contribution in [0.2, 0.25) is 0 Å². The predicted octanol–water partition coefficient (Wildman–Crippen LogP) is 3.01. The highest BCUT2D eigenvalue weighted by molar-refractivity contribution is 7.13. The molecule has 0 saturated heterocycles. The molecule has 3 heteroatoms. The Morgan fingerprint density at radius 1 is 1.29 bits per heavy atom. The maximum atomic E-state index is 5.60. The average Bonchev–Trinajstić information content (AvgIpc) is 2.51. The van der Waals surface area contributed by atoms with Gasteiger partial charge in [-0.05, 0) is 19.4 Å². The van der Waals surface area contributed by atoms with Gasteiger partial charge in [-0.1, -0.05) is 23.8 Å². The SMILES string of the molecule is Cc1ccc(-c2csc(N)n2)c(C)c1. The Morgan fingerprint density at radius 2 is 2.07 bits per heavy atom. The van der Waals surface area contributed by atoms with E-state index in [1.54, 1.807) is 0 Å². The molecule has 14 heavy (non-hydrogen) atoms. The van der Waals surface area contributed by atoms with Crippen molar-refractivity contribution in [1.29, 1.82) is 0 Å². The summed E-state index contributed by atoms with van der Waals surface area (Å²) in [6.45, 7) is 4.18. The summed E-state index contributed by atoms with van der Waals surface area (Å²) in [5.41, 5.74) is 10.3. The fourth-order valence-electron chi connectivity index (χ4n) is 1.51. The van der Waals surface area contributed by atoms with Gasteiger partial charge in [-0.3, -0.25) is 0 Å². The Balaban J connectivity index is 2.52. The second kappa shape index (κ2) is 3.42. The van der Waals surface area contributed by atoms with Crippen LogP contribution in [0.5, 0.6) is 0 Å². The monoisotopic (exact) mass is 204 g/mol. The highest BCUT2D eigenvalue weighted by atomic mass is 32.1. The largest absolute Gasteiger partial charge is 0.375 e. The lowest BCUT2D eigenvalue weighted by Gasteiger charge is -2.03. The third-order valence-corrected chi connectivity index (χ3v) is 2.85. The summed E-state index contributed by atoms with van der Waals surface area (Å²) in [5.74, 6) is 0. The number of nitrogen functional groups attached to an aromatic ring is 1. The van der Waals surface area contributed by atoms with Crippen molar-refractivity contribution in [2.75, 3.05) is 5.73 Å². The molecule has 0 unspecified atom stereocenters. The van der Waals surface area contributed by atoms with Crippen molar-refractivity contribution >= 4 is 16.5 Å². The van der Waals surface area contributed by atoms with Crippen LogP contribution in [0, 0.1) is 13.8 Å². The molecular weight excluding hydrogens is 192 g/mol. The van der Waals surface area contributed by atoms with Gasteiger partial charge in [-0.25, -0.2) is 4.98 Å². The van der Waals surface area contributed by atoms with Gasteiger partial charge in [-0.15, -0.1) is 11.3 Å². The molecule has 0 atom stereocenters. The van der Waals surface area contributed by atoms with Gasteiger partial charge >= 0.3 is 0 Å². The topological polar surface area (TPSA) is 38.9 Å². The number of thiazole rings is 1. The van der Waals surface area contributed by atoms with E-state index in [0.717, 1.165) is 5.69 Å². The number of hydrogen-bond donors (Lipinski definition) is 1. The normalized spacial score (nSPS) is 10.4. The van der Waals surface area contributed by atoms with E-state index in [1.165, 1.54) is 28.0 Å². The van der Waals surface area contributed by atoms with Gasteiger partial charge in [0.2, 0.25) is 0 Å². The Bertz CT molecular complexity index is 460. The smallest absolute Gasteiger partial charge is 0.180 e. The first kappa shape index (κ1) is 9.21. The fraction of sp³-hybridized carbons (Fsp3) is 0.182. The Labute approximate surface area is 87.4 Å². The zero-order chi connectivity index (χ0) is 10.1. The van der Waals surface area contributed by atoms with Crippen molar-refractivity contribution in [3.05, 3.63) is 34.7 Å². The zero-order valence-corrected chi connectivity index (χ0v) is 9.06. The quantitative estimate of drug-likeness (QED) is 0.775. The highest BCUT2D eigenvalue weighted by Crippen LogP contribution is 2.26. The Hall–Kier alpha value is -1.35. The summed E-state index contributed by atoms with van der Waals surface area (Å²) >= 11 is 1.48. The number of nitrogens with zero attached hydrogens (tertiary/aromatic N) is 1. The number of nitrogens with two attached hydrogens (primary N) is 1. The van der Waals surface area contributed by atoms with Gasteiger partial charge in [0.25, 0.3) is 0 Å². The Morgan fingerprint density at radius 3 is 2.64 bits per heavy atom. The standard InChI is InChI=1S/C11H12N2S/c1-7-3-4-9(8(2)5-7)10-6-14-11(12)13-10/h3-6H,1-2H3,(H2,12,13). The lowest BCUT2D eigenvalue weighted by molar-refractivity contribution is 1.34. The molecule has 2 nitrogen and oxygen atoms in total. The number of hydrogen-bond acceptors (Lipinski definition) is 3. The molecular formula is C11H12N2S. The molecule has 0 aliphatic carbocycles. The van der Waals surface area contributed by atoms with Crippen molar-refractivity contribution in [3.8, 4) is 11.3 Å². The van der Waals surface area contributed by atoms with E-state index in [4.69, 9.17) is 5.73 Å². The van der Waals surface area contributed by atoms with Crippen molar-refractivity contribution in [3.63, 3.8) is 0 Å². The summed E-state index contributed by atoms with van der Waals surface area (Å²) in [6, 6.07) is 6.35. The van der Waals surface area contributed by atoms with E-state index in [9.17, 15) is 0 Å². The highest BCUT2D eigenvalue weighted by Gasteiger charge is 2.05. The fourth-order valence-corrected chi connectivity index (χ4v) is 2.08. The van der Waals surface area contributed by atoms with Crippen LogP contribution in [0.25, 0.3) is 11.3 Å². The van der Waals surface area contributed by atoms with E-state index in [0.29, 0.717) is 5.13 Å². The van der Waals surface area contributed by atoms with Crippen molar-refractivity contribution < 1.29 is 0 Å². The summed E-state index contributed by atoms with van der Waals surface area (Å²) in [7, 11) is 0. The van der Waals surface area contributed by atoms with Gasteiger partial charge in [0.1, 0.15) is 0 Å². The van der Waals surface area contributed by atoms with Crippen LogP contribution in [0.1, 0.15) is 11.1 Å². The Kier molecular flexibility index (Phi) is 2.25. The molecule has 0 spiro atoms. The summed E-state index contributed by atoms with van der Waals surface area (Å²) < 4.78 is 0. The van der Waals surface area contributed by atoms with E-state index in [2.05, 4.69) is 37.0 Å². The van der Waals surface area contributed by atoms with E-state index < -0.39 is 0 Å². The third-order valence-electron chi connectivity index (χ3n) is 2.18. The van der Waals surface area contributed by atoms with E-state index in [1.807, 2.05) is 5.38 Å². The number of anilines is 1. The van der Waals surface area contributed by atoms with Gasteiger partial charge in [0.05, 0.1) is 5.69 Å². The van der Waals surface area contributed by atoms with Gasteiger partial charge in [0, 0.05) is 10.9 Å². The molecule has 1 aromatic carbocycles. The second-order valence-electron chi connectivity index (χ2n) is 3.39. The van der Waals surface area contributed by atoms with Crippen LogP contribution in [-0.2, 0) is 0 Å². The summed E-state index contributed by atoms with van der Waals surface area (Å²) in [4.78, 5) is 4.27. The van der Waals surface area contributed by atoms with Crippen LogP contribution in [-0.4, -0.2) is 4.98 Å². The van der Waals surface area contributed by atoms with Crippen molar-refractivity contribution in [2.24, 2.45) is 0 Å². The van der Waals surface area contributed by atoms with E-state index in [-0.39, 0.29) is 0 Å². The lowest BCUT2D eigenvalue weighted by atomic mass is 10.0. The molecule has 2 rings (SSSR count). The van der Waals surface area contributed by atoms with Gasteiger partial charge < -0.3 is 5.73 Å². The van der Waals surface area contributed by atoms with Crippen LogP contribution < -0.4 is 5.73 Å². The first-order valence-corrected chi connectivity index (χ1v) is 5.33. The molecule has 0 aliphatic rings. The van der Waals surface area contributed by atoms with Gasteiger partial charge in [0.15, 0.2) is 5.13 Å². The molecule has 0 fully saturated rings. The number of benzene rings is 1. The average molecular weight is 204 g/mol. The molecule has 1 heterocycles. The molecule has 2 N–H and O–H groups in total. The molecule has 0 aliphatic heterocycles. The van der Waals surface area contributed by atoms with E-state index >= 15 is 0 Å². The van der Waals surface area contributed by atoms with Crippen LogP contribution >= 0.6 is 11.3 Å². The summed E-state index contributed by atoms with van der Waals surface area (Å²) in [6.07, 6.45) is 0. The molecule has 1 aromatic heterocycles. The predicted molar refractivity (Wildman–Crippen MR) is 61.4 cm³/mol. The van der Waals surface area contributed by atoms with Crippen LogP contribution in [0.15, 0.2) is 23.6 Å². The van der Waals surface area contributed by atoms with Crippen molar-refractivity contribution in [1.82, 2.24) is 4.98 Å². The minimum Gasteiger partial charge on any atom is -0.375 e. The van der Waals surface area contributed by atoms with Crippen LogP contribution in [0.4, 0.5) is 5.13 Å². The number of rotatable bonds is 1. The summed E-state index contributed by atoms with van der Waals surface area (Å²) in [5, 5.41) is 2.62. The minimum atomic E-state index is 0.625. The number of aryl methyl sites for hydroxylation is 2. The van der Waals surface area contributed by atoms with Crippen molar-refractivity contribution in [2.45, 2.75) is 13.8 Å². The number of aromatic nitrogens is 1. The zero-order valence-electron chi connectivity index (χ0n) is 8.24. The minimum absolute atomic E-state index is 0.625. The lowest BCUT2D eigenvalue weighted by Crippen LogP contribution is -1.86. The maximum absolute atomic E-state index is 5.60. The molecule has 0 saturated carbocycles. The first-order valence-electron chi connectivity index (χ1n) is 4.45. The molecule has 72 valence electrons. The molecule has 0 bridgehead atoms. The van der Waals surface area contributed by atoms with Gasteiger partial charge in [-0.2, -0.15) is 0 Å². The third kappa shape index (κ3) is 1.63. The molecule has 0 radical (unpaired) electrons. The van der Waals surface area contributed by atoms with Crippen LogP contribution in [0.3, 0.4) is 0 Å². The molecule has 0 amide bonds. The maximum Gasteiger partial charge on any atom is 0.180 e. The second-order valence-corrected chi connectivity index (χ2v) is 4.28. The molecule has 2 aromatic rings. The first-order chi connectivity index (χ1) is 6.66.